The van der Waals surface area contributed by atoms with Crippen molar-refractivity contribution in [3.63, 3.8) is 0 Å². The Labute approximate surface area is 182 Å². The van der Waals surface area contributed by atoms with Crippen LogP contribution in [0.3, 0.4) is 0 Å². The number of likely N-dealkylation sites (tertiary alicyclic amines) is 1. The second-order valence-corrected chi connectivity index (χ2v) is 7.95. The first-order valence-electron chi connectivity index (χ1n) is 10.6. The number of hydrogen-bond donors (Lipinski definition) is 1. The number of benzene rings is 2. The Morgan fingerprint density at radius 3 is 2.68 bits per heavy atom. The molecule has 0 spiro atoms. The molecule has 4 rings (SSSR count). The van der Waals surface area contributed by atoms with Crippen molar-refractivity contribution in [3.05, 3.63) is 64.8 Å². The lowest BCUT2D eigenvalue weighted by atomic mass is 10.00. The number of pyridine rings is 1. The predicted molar refractivity (Wildman–Crippen MR) is 119 cm³/mol. The quantitative estimate of drug-likeness (QED) is 0.619. The van der Waals surface area contributed by atoms with Gasteiger partial charge in [-0.25, -0.2) is 9.78 Å². The summed E-state index contributed by atoms with van der Waals surface area (Å²) in [5.74, 6) is 1.28. The van der Waals surface area contributed by atoms with Crippen LogP contribution in [-0.2, 0) is 11.3 Å². The number of rotatable bonds is 6. The molecule has 1 unspecified atom stereocenters. The molecule has 0 radical (unpaired) electrons. The lowest BCUT2D eigenvalue weighted by molar-refractivity contribution is -0.932. The predicted octanol–water partition coefficient (Wildman–Crippen LogP) is 3.27. The third kappa shape index (κ3) is 3.95. The van der Waals surface area contributed by atoms with E-state index in [-0.39, 0.29) is 12.0 Å². The summed E-state index contributed by atoms with van der Waals surface area (Å²) in [4.78, 5) is 19.0. The number of nitrogens with one attached hydrogen (secondary N) is 1. The number of carbonyl (C=O) groups is 1. The molecule has 0 aliphatic carbocycles. The minimum absolute atomic E-state index is 0.264. The number of fused-ring (bicyclic) bond motifs is 1. The molecule has 1 aliphatic heterocycles. The molecule has 2 aromatic carbocycles. The topological polar surface area (TPSA) is 62.1 Å². The minimum Gasteiger partial charge on any atom is -0.497 e. The highest BCUT2D eigenvalue weighted by molar-refractivity contribution is 5.98. The van der Waals surface area contributed by atoms with Gasteiger partial charge in [0.2, 0.25) is 0 Å². The zero-order valence-corrected chi connectivity index (χ0v) is 18.5. The van der Waals surface area contributed by atoms with Crippen LogP contribution in [0.2, 0.25) is 0 Å². The van der Waals surface area contributed by atoms with Gasteiger partial charge < -0.3 is 19.1 Å². The molecule has 3 aromatic rings. The van der Waals surface area contributed by atoms with Gasteiger partial charge in [-0.3, -0.25) is 0 Å². The van der Waals surface area contributed by atoms with Gasteiger partial charge in [-0.1, -0.05) is 18.2 Å². The maximum absolute atomic E-state index is 12.7. The number of carbonyl (C=O) groups excluding carboxylic acids is 1. The number of aryl methyl sites for hydroxylation is 1. The Bertz CT molecular complexity index is 1110. The van der Waals surface area contributed by atoms with Crippen molar-refractivity contribution in [1.29, 1.82) is 0 Å². The van der Waals surface area contributed by atoms with Crippen LogP contribution >= 0.6 is 0 Å². The second kappa shape index (κ2) is 8.94. The summed E-state index contributed by atoms with van der Waals surface area (Å²) in [6.45, 7) is 3.63. The fraction of sp³-hybridized carbons (Fsp3) is 0.360. The Balaban J connectivity index is 1.74. The summed E-state index contributed by atoms with van der Waals surface area (Å²) in [6.07, 6.45) is 2.16. The molecule has 6 heteroatoms. The molecule has 1 N–H and O–H groups in total. The summed E-state index contributed by atoms with van der Waals surface area (Å²) >= 11 is 0. The Hall–Kier alpha value is -3.12. The monoisotopic (exact) mass is 421 g/mol. The number of nitrogens with zero attached hydrogens (tertiary/aromatic N) is 1. The third-order valence-electron chi connectivity index (χ3n) is 6.31. The van der Waals surface area contributed by atoms with Gasteiger partial charge in [0, 0.05) is 24.3 Å². The van der Waals surface area contributed by atoms with E-state index in [4.69, 9.17) is 19.2 Å². The highest BCUT2D eigenvalue weighted by atomic mass is 16.5. The van der Waals surface area contributed by atoms with Crippen LogP contribution < -0.4 is 14.4 Å². The van der Waals surface area contributed by atoms with Gasteiger partial charge in [0.1, 0.15) is 29.8 Å². The Morgan fingerprint density at radius 1 is 1.13 bits per heavy atom. The van der Waals surface area contributed by atoms with Crippen molar-refractivity contribution in [2.75, 3.05) is 27.9 Å². The number of para-hydroxylation sites is 1. The van der Waals surface area contributed by atoms with Crippen molar-refractivity contribution >= 4 is 16.9 Å². The number of aromatic nitrogens is 1. The zero-order chi connectivity index (χ0) is 22.0. The maximum Gasteiger partial charge on any atom is 0.340 e. The SMILES string of the molecule is COC(=O)c1c(C[NH+]2CCC[C@@H]2c2ccc(OC)cc2OC)nc2ccccc2c1C. The van der Waals surface area contributed by atoms with Crippen LogP contribution in [0.4, 0.5) is 0 Å². The van der Waals surface area contributed by atoms with Gasteiger partial charge >= 0.3 is 5.97 Å². The van der Waals surface area contributed by atoms with E-state index in [0.29, 0.717) is 12.1 Å². The third-order valence-corrected chi connectivity index (χ3v) is 6.31. The van der Waals surface area contributed by atoms with E-state index in [1.165, 1.54) is 12.0 Å². The van der Waals surface area contributed by atoms with Gasteiger partial charge in [0.05, 0.1) is 44.5 Å². The molecule has 2 heterocycles. The summed E-state index contributed by atoms with van der Waals surface area (Å²) in [6, 6.07) is 14.2. The molecule has 2 atom stereocenters. The molecule has 0 saturated carbocycles. The minimum atomic E-state index is -0.331. The molecule has 6 nitrogen and oxygen atoms in total. The van der Waals surface area contributed by atoms with Crippen molar-refractivity contribution < 1.29 is 23.9 Å². The van der Waals surface area contributed by atoms with E-state index in [1.54, 1.807) is 14.2 Å². The lowest BCUT2D eigenvalue weighted by Crippen LogP contribution is -3.09. The largest absolute Gasteiger partial charge is 0.497 e. The van der Waals surface area contributed by atoms with Crippen molar-refractivity contribution in [2.24, 2.45) is 0 Å². The van der Waals surface area contributed by atoms with Gasteiger partial charge in [0.15, 0.2) is 0 Å². The van der Waals surface area contributed by atoms with Crippen LogP contribution in [0, 0.1) is 6.92 Å². The number of ether oxygens (including phenoxy) is 3. The summed E-state index contributed by atoms with van der Waals surface area (Å²) in [7, 11) is 4.77. The molecule has 1 aliphatic rings. The van der Waals surface area contributed by atoms with Crippen molar-refractivity contribution in [1.82, 2.24) is 4.98 Å². The first-order valence-corrected chi connectivity index (χ1v) is 10.6. The smallest absolute Gasteiger partial charge is 0.340 e. The highest BCUT2D eigenvalue weighted by Gasteiger charge is 2.34. The number of methoxy groups -OCH3 is 3. The normalized spacial score (nSPS) is 18.2. The standard InChI is InChI=1S/C25H28N2O4/c1-16-18-8-5-6-9-20(18)26-21(24(16)25(28)31-4)15-27-13-7-10-22(27)19-12-11-17(29-2)14-23(19)30-3/h5-6,8-9,11-12,14,22H,7,10,13,15H2,1-4H3/p+1/t22-/m1/s1. The van der Waals surface area contributed by atoms with Gasteiger partial charge in [-0.2, -0.15) is 0 Å². The van der Waals surface area contributed by atoms with E-state index < -0.39 is 0 Å². The van der Waals surface area contributed by atoms with Crippen LogP contribution in [0.25, 0.3) is 10.9 Å². The van der Waals surface area contributed by atoms with Crippen LogP contribution in [-0.4, -0.2) is 38.8 Å². The lowest BCUT2D eigenvalue weighted by Gasteiger charge is -2.24. The number of quaternary nitrogens is 1. The van der Waals surface area contributed by atoms with Gasteiger partial charge in [-0.05, 0) is 30.7 Å². The molecule has 0 amide bonds. The van der Waals surface area contributed by atoms with E-state index in [0.717, 1.165) is 58.6 Å². The van der Waals surface area contributed by atoms with E-state index in [2.05, 4.69) is 6.07 Å². The first kappa shape index (κ1) is 21.1. The van der Waals surface area contributed by atoms with Crippen LogP contribution in [0.1, 0.15) is 46.1 Å². The number of hydrogen-bond acceptors (Lipinski definition) is 5. The van der Waals surface area contributed by atoms with Crippen LogP contribution in [0.15, 0.2) is 42.5 Å². The number of esters is 1. The molecule has 31 heavy (non-hydrogen) atoms. The average Bonchev–Trinajstić information content (AvgIpc) is 3.26. The van der Waals surface area contributed by atoms with Crippen molar-refractivity contribution in [2.45, 2.75) is 32.4 Å². The molecule has 1 aromatic heterocycles. The molecule has 1 saturated heterocycles. The van der Waals surface area contributed by atoms with E-state index in [9.17, 15) is 4.79 Å². The fourth-order valence-corrected chi connectivity index (χ4v) is 4.76. The highest BCUT2D eigenvalue weighted by Crippen LogP contribution is 2.32. The van der Waals surface area contributed by atoms with E-state index in [1.807, 2.05) is 43.3 Å². The van der Waals surface area contributed by atoms with E-state index >= 15 is 0 Å². The summed E-state index contributed by atoms with van der Waals surface area (Å²) < 4.78 is 16.2. The fourth-order valence-electron chi connectivity index (χ4n) is 4.76. The first-order chi connectivity index (χ1) is 15.1. The van der Waals surface area contributed by atoms with Gasteiger partial charge in [-0.15, -0.1) is 0 Å². The zero-order valence-electron chi connectivity index (χ0n) is 18.5. The van der Waals surface area contributed by atoms with Crippen LogP contribution in [0.5, 0.6) is 11.5 Å². The second-order valence-electron chi connectivity index (χ2n) is 7.95. The average molecular weight is 422 g/mol. The van der Waals surface area contributed by atoms with Crippen molar-refractivity contribution in [3.8, 4) is 11.5 Å². The Morgan fingerprint density at radius 2 is 1.94 bits per heavy atom. The molecule has 0 bridgehead atoms. The molecular formula is C25H29N2O4+. The maximum atomic E-state index is 12.7. The molecule has 162 valence electrons. The molecular weight excluding hydrogens is 392 g/mol. The Kier molecular flexibility index (Phi) is 6.09. The molecule has 1 fully saturated rings. The summed E-state index contributed by atoms with van der Waals surface area (Å²) in [5, 5.41) is 0.983. The summed E-state index contributed by atoms with van der Waals surface area (Å²) in [5.41, 5.74) is 4.36. The van der Waals surface area contributed by atoms with Gasteiger partial charge in [0.25, 0.3) is 0 Å².